The molecule has 2 unspecified atom stereocenters. The predicted molar refractivity (Wildman–Crippen MR) is 117 cm³/mol. The highest BCUT2D eigenvalue weighted by Crippen LogP contribution is 2.25. The van der Waals surface area contributed by atoms with Gasteiger partial charge in [-0.25, -0.2) is 29.2 Å². The van der Waals surface area contributed by atoms with Gasteiger partial charge < -0.3 is 15.1 Å². The van der Waals surface area contributed by atoms with Crippen LogP contribution in [0.25, 0.3) is 11.1 Å². The summed E-state index contributed by atoms with van der Waals surface area (Å²) in [7, 11) is 0. The number of alkyl halides is 1. The van der Waals surface area contributed by atoms with Crippen molar-refractivity contribution in [2.75, 3.05) is 0 Å². The molecule has 0 saturated carbocycles. The van der Waals surface area contributed by atoms with Gasteiger partial charge in [-0.2, -0.15) is 5.10 Å². The van der Waals surface area contributed by atoms with Crippen LogP contribution in [0.5, 0.6) is 0 Å². The molecule has 2 aliphatic rings. The molecule has 2 aliphatic heterocycles. The van der Waals surface area contributed by atoms with Crippen molar-refractivity contribution in [1.82, 2.24) is 30.6 Å². The molecule has 3 aromatic rings. The molecule has 172 valence electrons. The number of nitrogens with one attached hydrogen (secondary N) is 3. The molecule has 0 bridgehead atoms. The first-order chi connectivity index (χ1) is 16.5. The minimum Gasteiger partial charge on any atom is -0.408 e. The number of aromatic nitrogens is 3. The number of carbonyl (C=O) groups excluding carboxylic acids is 2. The maximum absolute atomic E-state index is 14.3. The zero-order chi connectivity index (χ0) is 23.7. The maximum Gasteiger partial charge on any atom is 0.417 e. The predicted octanol–water partition coefficient (Wildman–Crippen LogP) is 0.148. The van der Waals surface area contributed by atoms with E-state index < -0.39 is 29.9 Å². The topological polar surface area (TPSA) is 158 Å². The van der Waals surface area contributed by atoms with E-state index in [0.717, 1.165) is 11.2 Å². The molecular formula is C21H17FN8O4. The van der Waals surface area contributed by atoms with Gasteiger partial charge in [0.2, 0.25) is 0 Å². The van der Waals surface area contributed by atoms with E-state index in [9.17, 15) is 18.8 Å². The summed E-state index contributed by atoms with van der Waals surface area (Å²) in [4.78, 5) is 51.4. The average Bonchev–Trinajstić information content (AvgIpc) is 3.42. The molecule has 0 fully saturated rings. The number of amides is 2. The summed E-state index contributed by atoms with van der Waals surface area (Å²) in [5, 5.41) is 10.4. The van der Waals surface area contributed by atoms with Crippen molar-refractivity contribution in [1.29, 1.82) is 0 Å². The highest BCUT2D eigenvalue weighted by molar-refractivity contribution is 6.44. The second-order valence-corrected chi connectivity index (χ2v) is 7.42. The van der Waals surface area contributed by atoms with E-state index in [0.29, 0.717) is 22.4 Å². The Labute approximate surface area is 190 Å². The van der Waals surface area contributed by atoms with Crippen molar-refractivity contribution in [3.8, 4) is 0 Å². The molecule has 0 radical (unpaired) electrons. The number of H-pyrrole nitrogens is 1. The number of rotatable bonds is 6. The van der Waals surface area contributed by atoms with E-state index in [-0.39, 0.29) is 24.5 Å². The Balaban J connectivity index is 1.31. The van der Waals surface area contributed by atoms with Gasteiger partial charge in [-0.15, -0.1) is 0 Å². The monoisotopic (exact) mass is 464 g/mol. The molecule has 3 N–H and O–H groups in total. The fourth-order valence-corrected chi connectivity index (χ4v) is 3.48. The van der Waals surface area contributed by atoms with Crippen LogP contribution in [0.2, 0.25) is 0 Å². The molecule has 1 aromatic carbocycles. The largest absolute Gasteiger partial charge is 0.417 e. The number of halogens is 1. The van der Waals surface area contributed by atoms with Crippen molar-refractivity contribution in [3.05, 3.63) is 70.4 Å². The number of oxazole rings is 1. The normalized spacial score (nSPS) is 18.9. The first-order valence-corrected chi connectivity index (χ1v) is 10.2. The van der Waals surface area contributed by atoms with Crippen LogP contribution < -0.4 is 16.4 Å². The fourth-order valence-electron chi connectivity index (χ4n) is 3.48. The van der Waals surface area contributed by atoms with Crippen molar-refractivity contribution >= 4 is 34.8 Å². The molecular weight excluding hydrogens is 447 g/mol. The zero-order valence-electron chi connectivity index (χ0n) is 17.4. The van der Waals surface area contributed by atoms with Gasteiger partial charge >= 0.3 is 5.76 Å². The number of nitrogens with zero attached hydrogens (tertiary/aromatic N) is 5. The van der Waals surface area contributed by atoms with Gasteiger partial charge in [0.15, 0.2) is 17.9 Å². The number of hydrazone groups is 1. The van der Waals surface area contributed by atoms with Crippen LogP contribution >= 0.6 is 0 Å². The van der Waals surface area contributed by atoms with Crippen LogP contribution in [-0.2, 0) is 22.7 Å². The van der Waals surface area contributed by atoms with Crippen molar-refractivity contribution in [2.45, 2.75) is 25.4 Å². The third kappa shape index (κ3) is 4.18. The summed E-state index contributed by atoms with van der Waals surface area (Å²) in [5.74, 6) is -1.74. The summed E-state index contributed by atoms with van der Waals surface area (Å²) in [6.07, 6.45) is 2.45. The summed E-state index contributed by atoms with van der Waals surface area (Å²) < 4.78 is 19.3. The molecule has 12 nitrogen and oxygen atoms in total. The number of aliphatic imine (C=N–C) groups is 1. The SMILES string of the molecule is O=C(NCc1ccncn1)C1=CC(C(=O)NCc2ccc3oc(=O)[nH]c3c2)=NC2C(F)C=NN12. The van der Waals surface area contributed by atoms with Crippen LogP contribution in [0.1, 0.15) is 11.3 Å². The van der Waals surface area contributed by atoms with Crippen LogP contribution in [0.3, 0.4) is 0 Å². The van der Waals surface area contributed by atoms with Gasteiger partial charge in [0.25, 0.3) is 11.8 Å². The van der Waals surface area contributed by atoms with Crippen LogP contribution in [-0.4, -0.2) is 56.0 Å². The van der Waals surface area contributed by atoms with Crippen LogP contribution in [0.4, 0.5) is 4.39 Å². The lowest BCUT2D eigenvalue weighted by Gasteiger charge is -2.27. The van der Waals surface area contributed by atoms with E-state index in [4.69, 9.17) is 4.42 Å². The lowest BCUT2D eigenvalue weighted by atomic mass is 10.1. The molecule has 0 aliphatic carbocycles. The van der Waals surface area contributed by atoms with E-state index in [1.54, 1.807) is 30.5 Å². The minimum absolute atomic E-state index is 0.0204. The summed E-state index contributed by atoms with van der Waals surface area (Å²) in [6, 6.07) is 6.60. The third-order valence-electron chi connectivity index (χ3n) is 5.14. The Morgan fingerprint density at radius 3 is 2.85 bits per heavy atom. The number of carbonyl (C=O) groups is 2. The molecule has 34 heavy (non-hydrogen) atoms. The summed E-state index contributed by atoms with van der Waals surface area (Å²) >= 11 is 0. The molecule has 13 heteroatoms. The summed E-state index contributed by atoms with van der Waals surface area (Å²) in [5.41, 5.74) is 2.02. The highest BCUT2D eigenvalue weighted by atomic mass is 19.1. The average molecular weight is 464 g/mol. The summed E-state index contributed by atoms with van der Waals surface area (Å²) in [6.45, 7) is 0.214. The number of hydrogen-bond donors (Lipinski definition) is 3. The number of benzene rings is 1. The molecule has 0 spiro atoms. The second kappa shape index (κ2) is 8.69. The molecule has 0 saturated heterocycles. The first-order valence-electron chi connectivity index (χ1n) is 10.2. The molecule has 2 aromatic heterocycles. The van der Waals surface area contributed by atoms with Crippen molar-refractivity contribution in [3.63, 3.8) is 0 Å². The Hall–Kier alpha value is -4.68. The first kappa shape index (κ1) is 21.2. The molecule has 2 amide bonds. The minimum atomic E-state index is -1.58. The van der Waals surface area contributed by atoms with Crippen LogP contribution in [0.15, 0.2) is 67.9 Å². The van der Waals surface area contributed by atoms with E-state index in [2.05, 4.69) is 35.7 Å². The Morgan fingerprint density at radius 2 is 2.03 bits per heavy atom. The van der Waals surface area contributed by atoms with Gasteiger partial charge in [-0.05, 0) is 23.8 Å². The lowest BCUT2D eigenvalue weighted by Crippen LogP contribution is -2.43. The zero-order valence-corrected chi connectivity index (χ0v) is 17.4. The van der Waals surface area contributed by atoms with Gasteiger partial charge in [0, 0.05) is 18.8 Å². The van der Waals surface area contributed by atoms with Gasteiger partial charge in [0.1, 0.15) is 17.7 Å². The van der Waals surface area contributed by atoms with Gasteiger partial charge in [0.05, 0.1) is 24.0 Å². The Morgan fingerprint density at radius 1 is 1.18 bits per heavy atom. The number of hydrogen-bond acceptors (Lipinski definition) is 9. The number of fused-ring (bicyclic) bond motifs is 2. The number of aromatic amines is 1. The van der Waals surface area contributed by atoms with Gasteiger partial charge in [-0.3, -0.25) is 14.6 Å². The third-order valence-corrected chi connectivity index (χ3v) is 5.14. The quantitative estimate of drug-likeness (QED) is 0.468. The standard InChI is InChI=1S/C21H17FN8O4/c22-13-9-27-30-16(20(32)25-8-12-3-4-23-10-26-12)6-15(28-18(13)30)19(31)24-7-11-1-2-17-14(5-11)29-21(33)34-17/h1-6,9-10,13,18H,7-8H2,(H,24,31)(H,25,32)(H,29,33). The molecule has 2 atom stereocenters. The van der Waals surface area contributed by atoms with Gasteiger partial charge in [-0.1, -0.05) is 6.07 Å². The molecule has 4 heterocycles. The van der Waals surface area contributed by atoms with E-state index in [1.165, 1.54) is 12.4 Å². The highest BCUT2D eigenvalue weighted by Gasteiger charge is 2.39. The van der Waals surface area contributed by atoms with E-state index in [1.807, 2.05) is 0 Å². The molecule has 5 rings (SSSR count). The van der Waals surface area contributed by atoms with Crippen LogP contribution in [0, 0.1) is 0 Å². The Bertz CT molecular complexity index is 1410. The lowest BCUT2D eigenvalue weighted by molar-refractivity contribution is -0.119. The smallest absolute Gasteiger partial charge is 0.408 e. The van der Waals surface area contributed by atoms with Crippen molar-refractivity contribution < 1.29 is 18.4 Å². The Kier molecular flexibility index (Phi) is 5.41. The second-order valence-electron chi connectivity index (χ2n) is 7.42. The maximum atomic E-state index is 14.3. The van der Waals surface area contributed by atoms with E-state index >= 15 is 0 Å². The van der Waals surface area contributed by atoms with Crippen molar-refractivity contribution in [2.24, 2.45) is 10.1 Å². The fraction of sp³-hybridized carbons (Fsp3) is 0.190.